The van der Waals surface area contributed by atoms with E-state index in [0.717, 1.165) is 19.3 Å². The van der Waals surface area contributed by atoms with E-state index >= 15 is 0 Å². The summed E-state index contributed by atoms with van der Waals surface area (Å²) in [4.78, 5) is 11.2. The van der Waals surface area contributed by atoms with Gasteiger partial charge in [-0.25, -0.2) is 0 Å². The van der Waals surface area contributed by atoms with Crippen molar-refractivity contribution in [3.8, 4) is 0 Å². The number of aliphatic hydroxyl groups is 1. The summed E-state index contributed by atoms with van der Waals surface area (Å²) in [6.45, 7) is 4.28. The molecule has 0 aromatic heterocycles. The Hall–Kier alpha value is -0.220. The molecule has 0 amide bonds. The van der Waals surface area contributed by atoms with Crippen molar-refractivity contribution in [3.05, 3.63) is 0 Å². The van der Waals surface area contributed by atoms with Gasteiger partial charge in [-0.05, 0) is 25.2 Å². The number of carbonyl (C=O) groups is 1. The summed E-state index contributed by atoms with van der Waals surface area (Å²) < 4.78 is 0. The molecule has 1 aliphatic rings. The molecule has 4 heteroatoms. The van der Waals surface area contributed by atoms with Crippen LogP contribution >= 0.6 is 11.8 Å². The summed E-state index contributed by atoms with van der Waals surface area (Å²) in [5.74, 6) is -0.205. The van der Waals surface area contributed by atoms with Crippen molar-refractivity contribution in [3.63, 3.8) is 0 Å². The third-order valence-corrected chi connectivity index (χ3v) is 5.06. The van der Waals surface area contributed by atoms with E-state index in [1.165, 1.54) is 12.8 Å². The number of carboxylic acids is 1. The number of hydrogen-bond donors (Lipinski definition) is 2. The molecule has 1 fully saturated rings. The fourth-order valence-electron chi connectivity index (χ4n) is 2.66. The highest BCUT2D eigenvalue weighted by atomic mass is 32.2. The third-order valence-electron chi connectivity index (χ3n) is 3.58. The second-order valence-corrected chi connectivity index (χ2v) is 6.76. The van der Waals surface area contributed by atoms with Crippen molar-refractivity contribution in [1.29, 1.82) is 0 Å². The minimum absolute atomic E-state index is 0.131. The Labute approximate surface area is 108 Å². The number of hydrogen-bond acceptors (Lipinski definition) is 3. The van der Waals surface area contributed by atoms with E-state index < -0.39 is 5.97 Å². The molecule has 0 aromatic rings. The molecule has 4 unspecified atom stereocenters. The number of aliphatic carboxylic acids is 1. The second-order valence-electron chi connectivity index (χ2n) is 5.08. The van der Waals surface area contributed by atoms with Crippen molar-refractivity contribution in [2.45, 2.75) is 56.5 Å². The molecule has 100 valence electrons. The standard InChI is InChI=1S/C13H24O3S/c1-3-4-10-5-6-11(13(15)16)12(7-10)17-9(2)8-14/h9-12,14H,3-8H2,1-2H3,(H,15,16). The van der Waals surface area contributed by atoms with Crippen LogP contribution in [0.2, 0.25) is 0 Å². The van der Waals surface area contributed by atoms with Crippen LogP contribution in [-0.2, 0) is 4.79 Å². The molecule has 2 N–H and O–H groups in total. The quantitative estimate of drug-likeness (QED) is 0.771. The molecule has 0 aliphatic heterocycles. The van der Waals surface area contributed by atoms with E-state index in [4.69, 9.17) is 5.11 Å². The first-order chi connectivity index (χ1) is 8.08. The summed E-state index contributed by atoms with van der Waals surface area (Å²) in [6, 6.07) is 0. The smallest absolute Gasteiger partial charge is 0.307 e. The Morgan fingerprint density at radius 1 is 1.47 bits per heavy atom. The zero-order valence-electron chi connectivity index (χ0n) is 10.8. The van der Waals surface area contributed by atoms with Crippen LogP contribution in [-0.4, -0.2) is 33.3 Å². The Bertz CT molecular complexity index is 245. The van der Waals surface area contributed by atoms with Crippen LogP contribution in [0.5, 0.6) is 0 Å². The topological polar surface area (TPSA) is 57.5 Å². The van der Waals surface area contributed by atoms with Crippen molar-refractivity contribution in [2.24, 2.45) is 11.8 Å². The van der Waals surface area contributed by atoms with Gasteiger partial charge in [0.1, 0.15) is 0 Å². The fourth-order valence-corrected chi connectivity index (χ4v) is 4.16. The lowest BCUT2D eigenvalue weighted by molar-refractivity contribution is -0.142. The SMILES string of the molecule is CCCC1CCC(C(=O)O)C(SC(C)CO)C1. The lowest BCUT2D eigenvalue weighted by Crippen LogP contribution is -2.34. The average Bonchev–Trinajstić information content (AvgIpc) is 2.29. The first-order valence-corrected chi connectivity index (χ1v) is 7.51. The van der Waals surface area contributed by atoms with Crippen molar-refractivity contribution < 1.29 is 15.0 Å². The number of aliphatic hydroxyl groups excluding tert-OH is 1. The van der Waals surface area contributed by atoms with Crippen LogP contribution in [0.4, 0.5) is 0 Å². The van der Waals surface area contributed by atoms with Gasteiger partial charge in [-0.1, -0.05) is 26.7 Å². The van der Waals surface area contributed by atoms with Crippen molar-refractivity contribution in [2.75, 3.05) is 6.61 Å². The van der Waals surface area contributed by atoms with E-state index in [2.05, 4.69) is 6.92 Å². The third kappa shape index (κ3) is 4.51. The molecule has 0 saturated heterocycles. The first-order valence-electron chi connectivity index (χ1n) is 6.57. The van der Waals surface area contributed by atoms with Gasteiger partial charge in [0, 0.05) is 10.5 Å². The van der Waals surface area contributed by atoms with Gasteiger partial charge >= 0.3 is 5.97 Å². The van der Waals surface area contributed by atoms with Crippen LogP contribution in [0.15, 0.2) is 0 Å². The minimum atomic E-state index is -0.664. The molecule has 1 aliphatic carbocycles. The van der Waals surface area contributed by atoms with Gasteiger partial charge in [0.05, 0.1) is 12.5 Å². The van der Waals surface area contributed by atoms with Crippen LogP contribution in [0, 0.1) is 11.8 Å². The highest BCUT2D eigenvalue weighted by Crippen LogP contribution is 2.39. The van der Waals surface area contributed by atoms with Gasteiger partial charge in [-0.3, -0.25) is 4.79 Å². The largest absolute Gasteiger partial charge is 0.481 e. The summed E-state index contributed by atoms with van der Waals surface area (Å²) in [5.41, 5.74) is 0. The van der Waals surface area contributed by atoms with Crippen LogP contribution in [0.25, 0.3) is 0 Å². The first kappa shape index (κ1) is 14.8. The Balaban J connectivity index is 2.59. The predicted molar refractivity (Wildman–Crippen MR) is 71.3 cm³/mol. The molecule has 17 heavy (non-hydrogen) atoms. The number of thioether (sulfide) groups is 1. The number of carboxylic acid groups (broad SMARTS) is 1. The molecule has 4 atom stereocenters. The molecule has 1 saturated carbocycles. The lowest BCUT2D eigenvalue weighted by atomic mass is 9.80. The summed E-state index contributed by atoms with van der Waals surface area (Å²) in [7, 11) is 0. The van der Waals surface area contributed by atoms with E-state index in [0.29, 0.717) is 5.92 Å². The summed E-state index contributed by atoms with van der Waals surface area (Å²) in [5, 5.41) is 18.6. The van der Waals surface area contributed by atoms with Gasteiger partial charge in [0.2, 0.25) is 0 Å². The van der Waals surface area contributed by atoms with E-state index in [-0.39, 0.29) is 23.0 Å². The second kappa shape index (κ2) is 7.27. The fraction of sp³-hybridized carbons (Fsp3) is 0.923. The van der Waals surface area contributed by atoms with Gasteiger partial charge in [-0.15, -0.1) is 0 Å². The molecule has 0 heterocycles. The summed E-state index contributed by atoms with van der Waals surface area (Å²) in [6.07, 6.45) is 5.23. The maximum atomic E-state index is 11.2. The summed E-state index contributed by atoms with van der Waals surface area (Å²) >= 11 is 1.66. The van der Waals surface area contributed by atoms with Crippen LogP contribution in [0.1, 0.15) is 46.0 Å². The Morgan fingerprint density at radius 3 is 2.71 bits per heavy atom. The van der Waals surface area contributed by atoms with Gasteiger partial charge < -0.3 is 10.2 Å². The molecule has 0 spiro atoms. The average molecular weight is 260 g/mol. The Morgan fingerprint density at radius 2 is 2.18 bits per heavy atom. The highest BCUT2D eigenvalue weighted by molar-refractivity contribution is 8.00. The van der Waals surface area contributed by atoms with Crippen molar-refractivity contribution in [1.82, 2.24) is 0 Å². The van der Waals surface area contributed by atoms with Gasteiger partial charge in [-0.2, -0.15) is 11.8 Å². The Kier molecular flexibility index (Phi) is 6.34. The monoisotopic (exact) mass is 260 g/mol. The zero-order chi connectivity index (χ0) is 12.8. The normalized spacial score (nSPS) is 31.1. The van der Waals surface area contributed by atoms with E-state index in [9.17, 15) is 9.90 Å². The molecule has 0 radical (unpaired) electrons. The maximum Gasteiger partial charge on any atom is 0.307 e. The molecule has 0 bridgehead atoms. The van der Waals surface area contributed by atoms with Crippen LogP contribution in [0.3, 0.4) is 0 Å². The number of rotatable bonds is 6. The maximum absolute atomic E-state index is 11.2. The van der Waals surface area contributed by atoms with Crippen molar-refractivity contribution >= 4 is 17.7 Å². The molecule has 3 nitrogen and oxygen atoms in total. The van der Waals surface area contributed by atoms with E-state index in [1.807, 2.05) is 6.92 Å². The molecule has 1 rings (SSSR count). The van der Waals surface area contributed by atoms with E-state index in [1.54, 1.807) is 11.8 Å². The highest BCUT2D eigenvalue weighted by Gasteiger charge is 2.35. The molecular formula is C13H24O3S. The van der Waals surface area contributed by atoms with Gasteiger partial charge in [0.15, 0.2) is 0 Å². The molecule has 0 aromatic carbocycles. The zero-order valence-corrected chi connectivity index (χ0v) is 11.6. The lowest BCUT2D eigenvalue weighted by Gasteiger charge is -2.34. The molecular weight excluding hydrogens is 236 g/mol. The van der Waals surface area contributed by atoms with Crippen LogP contribution < -0.4 is 0 Å². The van der Waals surface area contributed by atoms with Gasteiger partial charge in [0.25, 0.3) is 0 Å². The predicted octanol–water partition coefficient (Wildman–Crippen LogP) is 2.77. The minimum Gasteiger partial charge on any atom is -0.481 e.